The van der Waals surface area contributed by atoms with Gasteiger partial charge in [-0.25, -0.2) is 0 Å². The molecule has 0 saturated carbocycles. The molecule has 3 heterocycles. The minimum atomic E-state index is 0.0327. The zero-order chi connectivity index (χ0) is 15.2. The summed E-state index contributed by atoms with van der Waals surface area (Å²) >= 11 is 1.72. The number of carbonyl (C=O) groups is 1. The number of thiophene rings is 1. The van der Waals surface area contributed by atoms with Gasteiger partial charge in [0.2, 0.25) is 0 Å². The summed E-state index contributed by atoms with van der Waals surface area (Å²) in [5, 5.41) is 8.55. The molecule has 1 unspecified atom stereocenters. The van der Waals surface area contributed by atoms with Gasteiger partial charge in [-0.3, -0.25) is 4.79 Å². The normalized spacial score (nSPS) is 18.3. The largest absolute Gasteiger partial charge is 0.351 e. The van der Waals surface area contributed by atoms with Crippen LogP contribution in [0.2, 0.25) is 0 Å². The molecule has 0 bridgehead atoms. The molecule has 1 amide bonds. The van der Waals surface area contributed by atoms with Crippen LogP contribution in [-0.4, -0.2) is 30.1 Å². The lowest BCUT2D eigenvalue weighted by Gasteiger charge is -2.22. The van der Waals surface area contributed by atoms with Gasteiger partial charge in [-0.1, -0.05) is 6.07 Å². The van der Waals surface area contributed by atoms with Crippen molar-refractivity contribution < 1.29 is 4.79 Å². The van der Waals surface area contributed by atoms with Crippen LogP contribution in [0.3, 0.4) is 0 Å². The monoisotopic (exact) mass is 317 g/mol. The van der Waals surface area contributed by atoms with Gasteiger partial charge in [0.25, 0.3) is 5.91 Å². The highest BCUT2D eigenvalue weighted by molar-refractivity contribution is 7.09. The Labute approximate surface area is 135 Å². The first-order chi connectivity index (χ1) is 10.8. The van der Waals surface area contributed by atoms with Crippen LogP contribution in [-0.2, 0) is 6.54 Å². The lowest BCUT2D eigenvalue weighted by atomic mass is 9.96. The van der Waals surface area contributed by atoms with E-state index in [1.54, 1.807) is 11.3 Å². The Morgan fingerprint density at radius 3 is 3.14 bits per heavy atom. The number of hydrogen-bond acceptors (Lipinski definition) is 3. The van der Waals surface area contributed by atoms with Gasteiger partial charge in [-0.15, -0.1) is 11.3 Å². The van der Waals surface area contributed by atoms with Crippen molar-refractivity contribution in [3.05, 3.63) is 46.4 Å². The molecular weight excluding hydrogens is 294 g/mol. The molecule has 0 radical (unpaired) electrons. The molecule has 0 spiro atoms. The highest BCUT2D eigenvalue weighted by atomic mass is 32.1. The van der Waals surface area contributed by atoms with Crippen LogP contribution in [0.1, 0.15) is 34.6 Å². The zero-order valence-electron chi connectivity index (χ0n) is 12.8. The predicted octanol–water partition coefficient (Wildman–Crippen LogP) is 2.72. The summed E-state index contributed by atoms with van der Waals surface area (Å²) in [5.74, 6) is 0.734. The first-order valence-electron chi connectivity index (χ1n) is 7.99. The molecule has 2 aromatic heterocycles. The van der Waals surface area contributed by atoms with Gasteiger partial charge in [0.15, 0.2) is 0 Å². The Hall–Kier alpha value is -1.59. The van der Waals surface area contributed by atoms with Crippen molar-refractivity contribution in [2.75, 3.05) is 19.6 Å². The third-order valence-corrected chi connectivity index (χ3v) is 5.07. The minimum absolute atomic E-state index is 0.0327. The van der Waals surface area contributed by atoms with Gasteiger partial charge in [-0.2, -0.15) is 0 Å². The van der Waals surface area contributed by atoms with Crippen molar-refractivity contribution in [3.8, 4) is 0 Å². The van der Waals surface area contributed by atoms with Crippen LogP contribution in [0.5, 0.6) is 0 Å². The predicted molar refractivity (Wildman–Crippen MR) is 90.4 cm³/mol. The third kappa shape index (κ3) is 3.99. The second-order valence-corrected chi connectivity index (χ2v) is 6.89. The molecule has 5 heteroatoms. The SMILES string of the molecule is O=C(NCCC1CCCNC1)c1cccn1Cc1cccs1. The summed E-state index contributed by atoms with van der Waals surface area (Å²) in [6.45, 7) is 3.75. The molecule has 0 aliphatic carbocycles. The first kappa shape index (κ1) is 15.3. The van der Waals surface area contributed by atoms with Gasteiger partial charge in [-0.05, 0) is 61.8 Å². The van der Waals surface area contributed by atoms with Crippen LogP contribution < -0.4 is 10.6 Å². The summed E-state index contributed by atoms with van der Waals surface area (Å²) in [4.78, 5) is 13.6. The fourth-order valence-corrected chi connectivity index (χ4v) is 3.68. The van der Waals surface area contributed by atoms with Gasteiger partial charge in [0.1, 0.15) is 5.69 Å². The third-order valence-electron chi connectivity index (χ3n) is 4.21. The molecule has 0 aromatic carbocycles. The molecule has 22 heavy (non-hydrogen) atoms. The van der Waals surface area contributed by atoms with Gasteiger partial charge >= 0.3 is 0 Å². The molecule has 2 N–H and O–H groups in total. The fraction of sp³-hybridized carbons (Fsp3) is 0.471. The van der Waals surface area contributed by atoms with E-state index in [-0.39, 0.29) is 5.91 Å². The van der Waals surface area contributed by atoms with Crippen molar-refractivity contribution in [2.45, 2.75) is 25.8 Å². The fourth-order valence-electron chi connectivity index (χ4n) is 2.98. The second kappa shape index (κ2) is 7.61. The standard InChI is InChI=1S/C17H23N3OS/c21-17(19-9-7-14-4-1-8-18-12-14)16-6-2-10-20(16)13-15-5-3-11-22-15/h2-3,5-6,10-11,14,18H,1,4,7-9,12-13H2,(H,19,21). The maximum Gasteiger partial charge on any atom is 0.267 e. The van der Waals surface area contributed by atoms with Crippen LogP contribution in [0.15, 0.2) is 35.8 Å². The second-order valence-electron chi connectivity index (χ2n) is 5.86. The average molecular weight is 317 g/mol. The molecule has 4 nitrogen and oxygen atoms in total. The van der Waals surface area contributed by atoms with E-state index in [1.165, 1.54) is 17.7 Å². The number of amides is 1. The van der Waals surface area contributed by atoms with Gasteiger partial charge in [0.05, 0.1) is 6.54 Å². The number of piperidine rings is 1. The summed E-state index contributed by atoms with van der Waals surface area (Å²) in [6.07, 6.45) is 5.56. The molecule has 1 aliphatic heterocycles. The lowest BCUT2D eigenvalue weighted by molar-refractivity contribution is 0.0942. The Morgan fingerprint density at radius 1 is 1.41 bits per heavy atom. The molecule has 1 aliphatic rings. The summed E-state index contributed by atoms with van der Waals surface area (Å²) in [6, 6.07) is 7.97. The van der Waals surface area contributed by atoms with Crippen LogP contribution >= 0.6 is 11.3 Å². The first-order valence-corrected chi connectivity index (χ1v) is 8.87. The highest BCUT2D eigenvalue weighted by Crippen LogP contribution is 2.14. The van der Waals surface area contributed by atoms with E-state index >= 15 is 0 Å². The van der Waals surface area contributed by atoms with E-state index in [0.717, 1.165) is 38.3 Å². The maximum atomic E-state index is 12.4. The van der Waals surface area contributed by atoms with Gasteiger partial charge in [0, 0.05) is 17.6 Å². The Bertz CT molecular complexity index is 585. The van der Waals surface area contributed by atoms with Crippen molar-refractivity contribution in [2.24, 2.45) is 5.92 Å². The molecule has 3 rings (SSSR count). The van der Waals surface area contributed by atoms with Crippen molar-refractivity contribution in [1.82, 2.24) is 15.2 Å². The minimum Gasteiger partial charge on any atom is -0.351 e. The zero-order valence-corrected chi connectivity index (χ0v) is 13.6. The maximum absolute atomic E-state index is 12.4. The van der Waals surface area contributed by atoms with E-state index < -0.39 is 0 Å². The number of nitrogens with zero attached hydrogens (tertiary/aromatic N) is 1. The van der Waals surface area contributed by atoms with Crippen LogP contribution in [0.4, 0.5) is 0 Å². The van der Waals surface area contributed by atoms with E-state index in [9.17, 15) is 4.79 Å². The summed E-state index contributed by atoms with van der Waals surface area (Å²) in [7, 11) is 0. The molecule has 1 fully saturated rings. The van der Waals surface area contributed by atoms with Crippen molar-refractivity contribution in [1.29, 1.82) is 0 Å². The van der Waals surface area contributed by atoms with Crippen molar-refractivity contribution in [3.63, 3.8) is 0 Å². The Balaban J connectivity index is 1.50. The average Bonchev–Trinajstić information content (AvgIpc) is 3.20. The number of hydrogen-bond donors (Lipinski definition) is 2. The molecule has 2 aromatic rings. The smallest absolute Gasteiger partial charge is 0.267 e. The van der Waals surface area contributed by atoms with Crippen LogP contribution in [0, 0.1) is 5.92 Å². The van der Waals surface area contributed by atoms with E-state index in [0.29, 0.717) is 5.92 Å². The highest BCUT2D eigenvalue weighted by Gasteiger charge is 2.14. The van der Waals surface area contributed by atoms with Gasteiger partial charge < -0.3 is 15.2 Å². The van der Waals surface area contributed by atoms with E-state index in [2.05, 4.69) is 22.1 Å². The lowest BCUT2D eigenvalue weighted by Crippen LogP contribution is -2.33. The number of nitrogens with one attached hydrogen (secondary N) is 2. The number of aromatic nitrogens is 1. The van der Waals surface area contributed by atoms with E-state index in [1.807, 2.05) is 29.0 Å². The Morgan fingerprint density at radius 2 is 2.36 bits per heavy atom. The molecular formula is C17H23N3OS. The Kier molecular flexibility index (Phi) is 5.29. The quantitative estimate of drug-likeness (QED) is 0.860. The molecule has 1 saturated heterocycles. The molecule has 118 valence electrons. The van der Waals surface area contributed by atoms with E-state index in [4.69, 9.17) is 0 Å². The topological polar surface area (TPSA) is 46.1 Å². The number of rotatable bonds is 6. The number of carbonyl (C=O) groups excluding carboxylic acids is 1. The summed E-state index contributed by atoms with van der Waals surface area (Å²) in [5.41, 5.74) is 0.746. The molecule has 1 atom stereocenters. The van der Waals surface area contributed by atoms with Crippen molar-refractivity contribution >= 4 is 17.2 Å². The van der Waals surface area contributed by atoms with Crippen LogP contribution in [0.25, 0.3) is 0 Å². The summed E-state index contributed by atoms with van der Waals surface area (Å²) < 4.78 is 2.02.